The molecule has 1 aromatic heterocycles. The molecular formula is C19H18ClN3O3. The van der Waals surface area contributed by atoms with Crippen molar-refractivity contribution in [1.29, 1.82) is 0 Å². The van der Waals surface area contributed by atoms with Crippen molar-refractivity contribution >= 4 is 34.2 Å². The molecule has 2 aromatic carbocycles. The Balaban J connectivity index is 1.52. The van der Waals surface area contributed by atoms with Crippen LogP contribution in [-0.4, -0.2) is 31.3 Å². The van der Waals surface area contributed by atoms with Gasteiger partial charge in [0.1, 0.15) is 23.6 Å². The van der Waals surface area contributed by atoms with Crippen LogP contribution in [0.5, 0.6) is 11.5 Å². The topological polar surface area (TPSA) is 72.5 Å². The highest BCUT2D eigenvalue weighted by Crippen LogP contribution is 2.27. The Morgan fingerprint density at radius 3 is 2.85 bits per heavy atom. The van der Waals surface area contributed by atoms with Gasteiger partial charge in [0.05, 0.1) is 19.3 Å². The van der Waals surface area contributed by atoms with E-state index in [2.05, 4.69) is 15.6 Å². The van der Waals surface area contributed by atoms with E-state index >= 15 is 0 Å². The van der Waals surface area contributed by atoms with Crippen LogP contribution in [0, 0.1) is 0 Å². The third-order valence-corrected chi connectivity index (χ3v) is 3.89. The van der Waals surface area contributed by atoms with Crippen molar-refractivity contribution in [3.63, 3.8) is 0 Å². The number of nitrogens with zero attached hydrogens (tertiary/aromatic N) is 1. The van der Waals surface area contributed by atoms with Crippen molar-refractivity contribution in [2.45, 2.75) is 0 Å². The molecule has 134 valence electrons. The predicted octanol–water partition coefficient (Wildman–Crippen LogP) is 4.10. The Morgan fingerprint density at radius 2 is 2.00 bits per heavy atom. The zero-order valence-electron chi connectivity index (χ0n) is 14.2. The molecule has 6 nitrogen and oxygen atoms in total. The highest BCUT2D eigenvalue weighted by atomic mass is 35.5. The van der Waals surface area contributed by atoms with Crippen molar-refractivity contribution in [3.05, 3.63) is 59.8 Å². The number of anilines is 1. The van der Waals surface area contributed by atoms with Gasteiger partial charge in [-0.25, -0.2) is 4.79 Å². The number of hydrogen-bond donors (Lipinski definition) is 2. The summed E-state index contributed by atoms with van der Waals surface area (Å²) in [7, 11) is 1.53. The van der Waals surface area contributed by atoms with Crippen LogP contribution in [0.15, 0.2) is 54.7 Å². The highest BCUT2D eigenvalue weighted by molar-refractivity contribution is 6.31. The molecule has 0 fully saturated rings. The first-order valence-electron chi connectivity index (χ1n) is 8.02. The van der Waals surface area contributed by atoms with Gasteiger partial charge in [0.2, 0.25) is 0 Å². The van der Waals surface area contributed by atoms with E-state index in [1.54, 1.807) is 24.4 Å². The molecule has 3 rings (SSSR count). The minimum absolute atomic E-state index is 0.315. The summed E-state index contributed by atoms with van der Waals surface area (Å²) in [5, 5.41) is 6.94. The first kappa shape index (κ1) is 17.8. The summed E-state index contributed by atoms with van der Waals surface area (Å²) in [5.41, 5.74) is 1.29. The molecule has 0 aliphatic rings. The zero-order chi connectivity index (χ0) is 18.4. The summed E-state index contributed by atoms with van der Waals surface area (Å²) in [5.74, 6) is 1.21. The molecule has 0 saturated heterocycles. The number of carbonyl (C=O) groups is 1. The van der Waals surface area contributed by atoms with E-state index in [0.717, 1.165) is 10.9 Å². The Morgan fingerprint density at radius 1 is 1.15 bits per heavy atom. The third-order valence-electron chi connectivity index (χ3n) is 3.65. The number of urea groups is 1. The summed E-state index contributed by atoms with van der Waals surface area (Å²) < 4.78 is 10.9. The van der Waals surface area contributed by atoms with E-state index in [0.29, 0.717) is 35.4 Å². The number of amides is 2. The molecular weight excluding hydrogens is 354 g/mol. The third kappa shape index (κ3) is 4.34. The first-order valence-corrected chi connectivity index (χ1v) is 8.40. The second kappa shape index (κ2) is 8.40. The fourth-order valence-electron chi connectivity index (χ4n) is 2.46. The van der Waals surface area contributed by atoms with Crippen molar-refractivity contribution in [1.82, 2.24) is 10.3 Å². The number of halogens is 1. The molecule has 26 heavy (non-hydrogen) atoms. The Labute approximate surface area is 156 Å². The maximum atomic E-state index is 12.0. The predicted molar refractivity (Wildman–Crippen MR) is 102 cm³/mol. The lowest BCUT2D eigenvalue weighted by Crippen LogP contribution is -2.32. The molecule has 0 atom stereocenters. The van der Waals surface area contributed by atoms with Crippen LogP contribution in [0.1, 0.15) is 0 Å². The van der Waals surface area contributed by atoms with E-state index in [4.69, 9.17) is 21.1 Å². The Bertz CT molecular complexity index is 912. The molecule has 0 bridgehead atoms. The number of rotatable bonds is 6. The van der Waals surface area contributed by atoms with Crippen LogP contribution in [-0.2, 0) is 0 Å². The number of benzene rings is 2. The zero-order valence-corrected chi connectivity index (χ0v) is 14.9. The van der Waals surface area contributed by atoms with Gasteiger partial charge in [-0.05, 0) is 30.3 Å². The van der Waals surface area contributed by atoms with E-state index in [9.17, 15) is 4.79 Å². The van der Waals surface area contributed by atoms with Crippen LogP contribution < -0.4 is 20.1 Å². The average molecular weight is 372 g/mol. The lowest BCUT2D eigenvalue weighted by Gasteiger charge is -2.12. The minimum Gasteiger partial charge on any atom is -0.495 e. The second-order valence-corrected chi connectivity index (χ2v) is 5.84. The number of fused-ring (bicyclic) bond motifs is 1. The Hall–Kier alpha value is -2.99. The van der Waals surface area contributed by atoms with Gasteiger partial charge >= 0.3 is 6.03 Å². The van der Waals surface area contributed by atoms with Crippen molar-refractivity contribution in [2.75, 3.05) is 25.6 Å². The van der Waals surface area contributed by atoms with Gasteiger partial charge in [0.15, 0.2) is 0 Å². The van der Waals surface area contributed by atoms with Gasteiger partial charge in [-0.2, -0.15) is 0 Å². The molecule has 3 aromatic rings. The molecule has 0 aliphatic carbocycles. The van der Waals surface area contributed by atoms with Crippen LogP contribution in [0.3, 0.4) is 0 Å². The van der Waals surface area contributed by atoms with E-state index in [1.807, 2.05) is 30.3 Å². The lowest BCUT2D eigenvalue weighted by atomic mass is 10.2. The standard InChI is InChI=1S/C19H18ClN3O3/c1-25-16-8-7-14(20)12-15(16)23-19(24)22-10-11-26-17-6-2-4-13-5-3-9-21-18(13)17/h2-9,12H,10-11H2,1H3,(H2,22,23,24). The number of methoxy groups -OCH3 is 1. The molecule has 2 N–H and O–H groups in total. The highest BCUT2D eigenvalue weighted by Gasteiger charge is 2.08. The molecule has 1 heterocycles. The van der Waals surface area contributed by atoms with Gasteiger partial charge < -0.3 is 20.1 Å². The Kier molecular flexibility index (Phi) is 5.76. The fraction of sp³-hybridized carbons (Fsp3) is 0.158. The molecule has 0 spiro atoms. The van der Waals surface area contributed by atoms with Crippen LogP contribution in [0.4, 0.5) is 10.5 Å². The largest absolute Gasteiger partial charge is 0.495 e. The van der Waals surface area contributed by atoms with E-state index < -0.39 is 0 Å². The van der Waals surface area contributed by atoms with Gasteiger partial charge in [0.25, 0.3) is 0 Å². The van der Waals surface area contributed by atoms with Crippen LogP contribution in [0.2, 0.25) is 5.02 Å². The maximum Gasteiger partial charge on any atom is 0.319 e. The van der Waals surface area contributed by atoms with Gasteiger partial charge in [0, 0.05) is 16.6 Å². The van der Waals surface area contributed by atoms with E-state index in [1.165, 1.54) is 7.11 Å². The molecule has 0 aliphatic heterocycles. The SMILES string of the molecule is COc1ccc(Cl)cc1NC(=O)NCCOc1cccc2cccnc12. The molecule has 2 amide bonds. The monoisotopic (exact) mass is 371 g/mol. The first-order chi connectivity index (χ1) is 12.7. The summed E-state index contributed by atoms with van der Waals surface area (Å²) >= 11 is 5.95. The minimum atomic E-state index is -0.370. The van der Waals surface area contributed by atoms with Crippen molar-refractivity contribution in [3.8, 4) is 11.5 Å². The van der Waals surface area contributed by atoms with Crippen molar-refractivity contribution < 1.29 is 14.3 Å². The summed E-state index contributed by atoms with van der Waals surface area (Å²) in [6.07, 6.45) is 1.72. The second-order valence-electron chi connectivity index (χ2n) is 5.41. The van der Waals surface area contributed by atoms with Crippen LogP contribution in [0.25, 0.3) is 10.9 Å². The number of hydrogen-bond acceptors (Lipinski definition) is 4. The number of carbonyl (C=O) groups excluding carboxylic acids is 1. The number of ether oxygens (including phenoxy) is 2. The lowest BCUT2D eigenvalue weighted by molar-refractivity contribution is 0.247. The normalized spacial score (nSPS) is 10.4. The van der Waals surface area contributed by atoms with Gasteiger partial charge in [-0.15, -0.1) is 0 Å². The summed E-state index contributed by atoms with van der Waals surface area (Å²) in [6, 6.07) is 14.2. The van der Waals surface area contributed by atoms with Gasteiger partial charge in [-0.1, -0.05) is 29.8 Å². The van der Waals surface area contributed by atoms with Gasteiger partial charge in [-0.3, -0.25) is 4.98 Å². The van der Waals surface area contributed by atoms with E-state index in [-0.39, 0.29) is 6.03 Å². The summed E-state index contributed by atoms with van der Waals surface area (Å²) in [4.78, 5) is 16.4. The maximum absolute atomic E-state index is 12.0. The molecule has 0 unspecified atom stereocenters. The average Bonchev–Trinajstić information content (AvgIpc) is 2.65. The smallest absolute Gasteiger partial charge is 0.319 e. The fourth-order valence-corrected chi connectivity index (χ4v) is 2.63. The quantitative estimate of drug-likeness (QED) is 0.640. The molecule has 0 saturated carbocycles. The summed E-state index contributed by atoms with van der Waals surface area (Å²) in [6.45, 7) is 0.647. The molecule has 7 heteroatoms. The number of pyridine rings is 1. The number of aromatic nitrogens is 1. The number of para-hydroxylation sites is 1. The van der Waals surface area contributed by atoms with Crippen LogP contribution >= 0.6 is 11.6 Å². The number of nitrogens with one attached hydrogen (secondary N) is 2. The van der Waals surface area contributed by atoms with Crippen molar-refractivity contribution in [2.24, 2.45) is 0 Å². The molecule has 0 radical (unpaired) electrons.